The average molecular weight is 296 g/mol. The van der Waals surface area contributed by atoms with Crippen LogP contribution in [0.25, 0.3) is 0 Å². The second-order valence-electron chi connectivity index (χ2n) is 5.44. The Morgan fingerprint density at radius 3 is 2.29 bits per heavy atom. The number of nitrogens with zero attached hydrogens (tertiary/aromatic N) is 1. The molecule has 0 aliphatic carbocycles. The van der Waals surface area contributed by atoms with E-state index in [1.807, 2.05) is 0 Å². The van der Waals surface area contributed by atoms with Crippen molar-refractivity contribution in [2.75, 3.05) is 4.90 Å². The summed E-state index contributed by atoms with van der Waals surface area (Å²) in [4.78, 5) is 25.7. The van der Waals surface area contributed by atoms with Crippen LogP contribution < -0.4 is 10.2 Å². The van der Waals surface area contributed by atoms with Crippen LogP contribution in [0.15, 0.2) is 18.2 Å². The number of hydrogen-bond donors (Lipinski definition) is 1. The first kappa shape index (κ1) is 15.4. The van der Waals surface area contributed by atoms with E-state index in [1.165, 1.54) is 6.07 Å². The number of carbonyl (C=O) groups excluding carboxylic acids is 2. The number of amides is 2. The van der Waals surface area contributed by atoms with E-state index in [9.17, 15) is 18.4 Å². The van der Waals surface area contributed by atoms with Gasteiger partial charge in [0.25, 0.3) is 0 Å². The van der Waals surface area contributed by atoms with Gasteiger partial charge in [0, 0.05) is 0 Å². The highest BCUT2D eigenvalue weighted by atomic mass is 19.1. The van der Waals surface area contributed by atoms with Crippen LogP contribution in [-0.4, -0.2) is 23.9 Å². The second kappa shape index (κ2) is 5.79. The van der Waals surface area contributed by atoms with Crippen LogP contribution in [0.2, 0.25) is 0 Å². The van der Waals surface area contributed by atoms with Gasteiger partial charge in [0.2, 0.25) is 11.8 Å². The van der Waals surface area contributed by atoms with Gasteiger partial charge in [0.1, 0.15) is 29.4 Å². The molecule has 0 bridgehead atoms. The third-order valence-corrected chi connectivity index (χ3v) is 3.62. The van der Waals surface area contributed by atoms with Crippen LogP contribution in [-0.2, 0) is 9.59 Å². The molecule has 2 atom stereocenters. The molecule has 2 rings (SSSR count). The molecule has 0 radical (unpaired) electrons. The van der Waals surface area contributed by atoms with Crippen molar-refractivity contribution in [2.24, 2.45) is 5.92 Å². The molecule has 1 heterocycles. The lowest BCUT2D eigenvalue weighted by atomic mass is 9.95. The molecule has 1 fully saturated rings. The standard InChI is InChI=1S/C15H18F2N2O2/c1-4-11-15(21)19(12(8(2)3)14(20)18-11)13-9(16)6-5-7-10(13)17/h5-8,11-12H,4H2,1-3H3,(H,18,20). The summed E-state index contributed by atoms with van der Waals surface area (Å²) in [5.74, 6) is -2.85. The molecule has 4 nitrogen and oxygen atoms in total. The normalized spacial score (nSPS) is 22.7. The molecule has 2 unspecified atom stereocenters. The zero-order valence-electron chi connectivity index (χ0n) is 12.2. The van der Waals surface area contributed by atoms with Gasteiger partial charge in [0.15, 0.2) is 0 Å². The van der Waals surface area contributed by atoms with Crippen LogP contribution >= 0.6 is 0 Å². The molecule has 114 valence electrons. The molecule has 1 aliphatic rings. The van der Waals surface area contributed by atoms with Gasteiger partial charge >= 0.3 is 0 Å². The van der Waals surface area contributed by atoms with Crippen molar-refractivity contribution in [2.45, 2.75) is 39.3 Å². The van der Waals surface area contributed by atoms with Gasteiger partial charge < -0.3 is 5.32 Å². The molecule has 1 saturated heterocycles. The van der Waals surface area contributed by atoms with Crippen molar-refractivity contribution in [1.29, 1.82) is 0 Å². The predicted octanol–water partition coefficient (Wildman–Crippen LogP) is 2.23. The highest BCUT2D eigenvalue weighted by Gasteiger charge is 2.43. The first-order valence-electron chi connectivity index (χ1n) is 6.96. The van der Waals surface area contributed by atoms with Gasteiger partial charge in [-0.15, -0.1) is 0 Å². The van der Waals surface area contributed by atoms with E-state index in [2.05, 4.69) is 5.32 Å². The fourth-order valence-electron chi connectivity index (χ4n) is 2.59. The van der Waals surface area contributed by atoms with Crippen LogP contribution in [0, 0.1) is 17.6 Å². The maximum Gasteiger partial charge on any atom is 0.250 e. The summed E-state index contributed by atoms with van der Waals surface area (Å²) < 4.78 is 28.1. The monoisotopic (exact) mass is 296 g/mol. The molecule has 6 heteroatoms. The maximum atomic E-state index is 14.0. The molecule has 1 aliphatic heterocycles. The maximum absolute atomic E-state index is 14.0. The van der Waals surface area contributed by atoms with E-state index >= 15 is 0 Å². The fraction of sp³-hybridized carbons (Fsp3) is 0.467. The van der Waals surface area contributed by atoms with E-state index < -0.39 is 35.3 Å². The first-order valence-corrected chi connectivity index (χ1v) is 6.96. The van der Waals surface area contributed by atoms with Crippen molar-refractivity contribution in [3.05, 3.63) is 29.8 Å². The van der Waals surface area contributed by atoms with Crippen LogP contribution in [0.5, 0.6) is 0 Å². The van der Waals surface area contributed by atoms with Gasteiger partial charge in [-0.1, -0.05) is 26.8 Å². The molecule has 1 aromatic rings. The molecule has 0 saturated carbocycles. The molecule has 1 aromatic carbocycles. The quantitative estimate of drug-likeness (QED) is 0.930. The Bertz CT molecular complexity index is 555. The van der Waals surface area contributed by atoms with Crippen LogP contribution in [0.1, 0.15) is 27.2 Å². The number of rotatable bonds is 3. The summed E-state index contributed by atoms with van der Waals surface area (Å²) in [6, 6.07) is 1.70. The average Bonchev–Trinajstić information content (AvgIpc) is 2.41. The number of benzene rings is 1. The number of anilines is 1. The van der Waals surface area contributed by atoms with E-state index in [-0.39, 0.29) is 11.8 Å². The summed E-state index contributed by atoms with van der Waals surface area (Å²) in [7, 11) is 0. The Labute approximate surface area is 122 Å². The Balaban J connectivity index is 2.58. The minimum absolute atomic E-state index is 0.272. The summed E-state index contributed by atoms with van der Waals surface area (Å²) >= 11 is 0. The highest BCUT2D eigenvalue weighted by Crippen LogP contribution is 2.30. The predicted molar refractivity (Wildman–Crippen MR) is 74.7 cm³/mol. The molecular weight excluding hydrogens is 278 g/mol. The molecule has 21 heavy (non-hydrogen) atoms. The van der Waals surface area contributed by atoms with Gasteiger partial charge in [-0.3, -0.25) is 14.5 Å². The molecular formula is C15H18F2N2O2. The lowest BCUT2D eigenvalue weighted by molar-refractivity contribution is -0.134. The van der Waals surface area contributed by atoms with Crippen molar-refractivity contribution in [3.8, 4) is 0 Å². The number of halogens is 2. The minimum atomic E-state index is -0.924. The van der Waals surface area contributed by atoms with Gasteiger partial charge in [-0.25, -0.2) is 8.78 Å². The lowest BCUT2D eigenvalue weighted by Crippen LogP contribution is -2.65. The van der Waals surface area contributed by atoms with E-state index in [1.54, 1.807) is 20.8 Å². The number of piperazine rings is 1. The summed E-state index contributed by atoms with van der Waals surface area (Å²) in [6.07, 6.45) is 0.363. The van der Waals surface area contributed by atoms with Crippen molar-refractivity contribution in [3.63, 3.8) is 0 Å². The first-order chi connectivity index (χ1) is 9.88. The van der Waals surface area contributed by atoms with E-state index in [0.29, 0.717) is 6.42 Å². The third kappa shape index (κ3) is 2.62. The van der Waals surface area contributed by atoms with Gasteiger partial charge in [0.05, 0.1) is 0 Å². The van der Waals surface area contributed by atoms with Gasteiger partial charge in [-0.05, 0) is 24.5 Å². The number of carbonyl (C=O) groups is 2. The molecule has 0 aromatic heterocycles. The molecule has 1 N–H and O–H groups in total. The molecule has 2 amide bonds. The van der Waals surface area contributed by atoms with Gasteiger partial charge in [-0.2, -0.15) is 0 Å². The fourth-order valence-corrected chi connectivity index (χ4v) is 2.59. The van der Waals surface area contributed by atoms with E-state index in [0.717, 1.165) is 17.0 Å². The number of para-hydroxylation sites is 1. The van der Waals surface area contributed by atoms with E-state index in [4.69, 9.17) is 0 Å². The Kier molecular flexibility index (Phi) is 4.25. The summed E-state index contributed by atoms with van der Waals surface area (Å²) in [5.41, 5.74) is -0.450. The van der Waals surface area contributed by atoms with Crippen LogP contribution in [0.3, 0.4) is 0 Å². The summed E-state index contributed by atoms with van der Waals surface area (Å²) in [5, 5.41) is 2.61. The minimum Gasteiger partial charge on any atom is -0.342 e. The largest absolute Gasteiger partial charge is 0.342 e. The Morgan fingerprint density at radius 1 is 1.24 bits per heavy atom. The smallest absolute Gasteiger partial charge is 0.250 e. The van der Waals surface area contributed by atoms with Crippen LogP contribution in [0.4, 0.5) is 14.5 Å². The third-order valence-electron chi connectivity index (χ3n) is 3.62. The molecule has 0 spiro atoms. The SMILES string of the molecule is CCC1NC(=O)C(C(C)C)N(c2c(F)cccc2F)C1=O. The van der Waals surface area contributed by atoms with Crippen molar-refractivity contribution < 1.29 is 18.4 Å². The summed E-state index contributed by atoms with van der Waals surface area (Å²) in [6.45, 7) is 5.19. The zero-order chi connectivity index (χ0) is 15.7. The Hall–Kier alpha value is -1.98. The highest BCUT2D eigenvalue weighted by molar-refractivity contribution is 6.08. The lowest BCUT2D eigenvalue weighted by Gasteiger charge is -2.40. The second-order valence-corrected chi connectivity index (χ2v) is 5.44. The Morgan fingerprint density at radius 2 is 1.81 bits per heavy atom. The number of hydrogen-bond acceptors (Lipinski definition) is 2. The number of nitrogens with one attached hydrogen (secondary N) is 1. The van der Waals surface area contributed by atoms with Crippen molar-refractivity contribution in [1.82, 2.24) is 5.32 Å². The topological polar surface area (TPSA) is 49.4 Å². The zero-order valence-corrected chi connectivity index (χ0v) is 12.2. The van der Waals surface area contributed by atoms with Crippen molar-refractivity contribution >= 4 is 17.5 Å².